The van der Waals surface area contributed by atoms with E-state index in [2.05, 4.69) is 5.32 Å². The van der Waals surface area contributed by atoms with Gasteiger partial charge in [-0.1, -0.05) is 60.2 Å². The van der Waals surface area contributed by atoms with Gasteiger partial charge >= 0.3 is 0 Å². The maximum absolute atomic E-state index is 14.4. The van der Waals surface area contributed by atoms with Crippen LogP contribution in [0.3, 0.4) is 0 Å². The molecule has 1 aliphatic carbocycles. The van der Waals surface area contributed by atoms with Crippen molar-refractivity contribution in [3.8, 4) is 17.2 Å². The van der Waals surface area contributed by atoms with Crippen molar-refractivity contribution in [2.45, 2.75) is 31.7 Å². The van der Waals surface area contributed by atoms with Gasteiger partial charge in [0.05, 0.1) is 38.7 Å². The van der Waals surface area contributed by atoms with Crippen molar-refractivity contribution in [1.82, 2.24) is 0 Å². The highest BCUT2D eigenvalue weighted by atomic mass is 16.5. The molecule has 4 aromatic carbocycles. The Balaban J connectivity index is 1.53. The number of anilines is 2. The first-order valence-electron chi connectivity index (χ1n) is 14.3. The van der Waals surface area contributed by atoms with Gasteiger partial charge in [-0.25, -0.2) is 0 Å². The Morgan fingerprint density at radius 3 is 2.09 bits per heavy atom. The number of ketones is 1. The number of nitrogens with one attached hydrogen (secondary N) is 1. The summed E-state index contributed by atoms with van der Waals surface area (Å²) in [6.07, 6.45) is 0.828. The third kappa shape index (κ3) is 5.12. The highest BCUT2D eigenvalue weighted by Gasteiger charge is 2.42. The first-order chi connectivity index (χ1) is 20.9. The van der Waals surface area contributed by atoms with Crippen LogP contribution in [0, 0.1) is 6.92 Å². The Morgan fingerprint density at radius 1 is 0.791 bits per heavy atom. The maximum Gasteiger partial charge on any atom is 0.259 e. The van der Waals surface area contributed by atoms with Crippen LogP contribution < -0.4 is 24.4 Å². The molecule has 0 unspecified atom stereocenters. The average molecular weight is 575 g/mol. The Hall–Kier alpha value is -5.04. The molecule has 0 fully saturated rings. The molecular formula is C36H34N2O5. The first kappa shape index (κ1) is 28.1. The molecule has 0 spiro atoms. The standard InChI is InChI=1S/C36H34N2O5/c1-22-14-16-23(17-15-22)34-33-28(18-25(19-30(33)39)26-20-31(41-2)35(43-4)32(21-26)42-3)37-27-12-8-9-13-29(27)38(34)36(40)24-10-6-5-7-11-24/h5-17,20-21,25,34,37H,18-19H2,1-4H3/t25-,34-/m1/s1. The number of para-hydroxylation sites is 2. The quantitative estimate of drug-likeness (QED) is 0.262. The number of methoxy groups -OCH3 is 3. The smallest absolute Gasteiger partial charge is 0.259 e. The molecule has 2 atom stereocenters. The van der Waals surface area contributed by atoms with Crippen LogP contribution in [-0.4, -0.2) is 33.0 Å². The van der Waals surface area contributed by atoms with Gasteiger partial charge in [-0.05, 0) is 66.8 Å². The number of nitrogens with zero attached hydrogens (tertiary/aromatic N) is 1. The topological polar surface area (TPSA) is 77.1 Å². The largest absolute Gasteiger partial charge is 0.493 e. The second kappa shape index (κ2) is 11.7. The summed E-state index contributed by atoms with van der Waals surface area (Å²) in [6.45, 7) is 2.03. The number of aryl methyl sites for hydroxylation is 1. The minimum atomic E-state index is -0.618. The highest BCUT2D eigenvalue weighted by Crippen LogP contribution is 2.49. The van der Waals surface area contributed by atoms with Gasteiger partial charge in [0.1, 0.15) is 0 Å². The first-order valence-corrected chi connectivity index (χ1v) is 14.3. The van der Waals surface area contributed by atoms with Crippen LogP contribution in [0.2, 0.25) is 0 Å². The Kier molecular flexibility index (Phi) is 7.63. The maximum atomic E-state index is 14.4. The third-order valence-electron chi connectivity index (χ3n) is 8.28. The van der Waals surface area contributed by atoms with Crippen LogP contribution in [0.5, 0.6) is 17.2 Å². The Bertz CT molecular complexity index is 1690. The Labute approximate surface area is 251 Å². The van der Waals surface area contributed by atoms with Crippen LogP contribution >= 0.6 is 0 Å². The summed E-state index contributed by atoms with van der Waals surface area (Å²) in [5.74, 6) is 1.26. The SMILES string of the molecule is COc1cc([C@H]2CC(=O)C3=C(C2)Nc2ccccc2N(C(=O)c2ccccc2)[C@@H]3c2ccc(C)cc2)cc(OC)c1OC. The number of ether oxygens (including phenoxy) is 3. The van der Waals surface area contributed by atoms with Crippen molar-refractivity contribution in [1.29, 1.82) is 0 Å². The van der Waals surface area contributed by atoms with E-state index in [9.17, 15) is 9.59 Å². The molecule has 2 aliphatic rings. The number of benzene rings is 4. The second-order valence-electron chi connectivity index (χ2n) is 10.9. The molecule has 4 aromatic rings. The number of amides is 1. The number of Topliss-reactive ketones (excluding diaryl/α,β-unsaturated/α-hetero) is 1. The molecule has 1 heterocycles. The normalized spacial score (nSPS) is 17.8. The number of rotatable bonds is 6. The highest BCUT2D eigenvalue weighted by molar-refractivity contribution is 6.12. The summed E-state index contributed by atoms with van der Waals surface area (Å²) in [7, 11) is 4.74. The van der Waals surface area contributed by atoms with E-state index in [1.807, 2.05) is 97.9 Å². The summed E-state index contributed by atoms with van der Waals surface area (Å²) in [5, 5.41) is 3.60. The van der Waals surface area contributed by atoms with Crippen molar-refractivity contribution in [3.05, 3.63) is 125 Å². The van der Waals surface area contributed by atoms with Gasteiger partial charge in [0.15, 0.2) is 17.3 Å². The molecule has 0 saturated heterocycles. The number of allylic oxidation sites excluding steroid dienone is 1. The van der Waals surface area contributed by atoms with E-state index in [0.717, 1.165) is 28.1 Å². The van der Waals surface area contributed by atoms with Crippen LogP contribution in [-0.2, 0) is 4.79 Å². The lowest BCUT2D eigenvalue weighted by Gasteiger charge is -2.35. The molecule has 1 amide bonds. The van der Waals surface area contributed by atoms with E-state index < -0.39 is 6.04 Å². The number of fused-ring (bicyclic) bond motifs is 1. The molecule has 6 rings (SSSR count). The van der Waals surface area contributed by atoms with Crippen molar-refractivity contribution in [2.75, 3.05) is 31.5 Å². The average Bonchev–Trinajstić information content (AvgIpc) is 3.19. The zero-order chi connectivity index (χ0) is 30.1. The minimum Gasteiger partial charge on any atom is -0.493 e. The molecule has 0 radical (unpaired) electrons. The summed E-state index contributed by atoms with van der Waals surface area (Å²) in [4.78, 5) is 30.5. The fraction of sp³-hybridized carbons (Fsp3) is 0.222. The number of carbonyl (C=O) groups excluding carboxylic acids is 2. The van der Waals surface area contributed by atoms with Gasteiger partial charge < -0.3 is 19.5 Å². The Morgan fingerprint density at radius 2 is 1.44 bits per heavy atom. The predicted octanol–water partition coefficient (Wildman–Crippen LogP) is 7.24. The lowest BCUT2D eigenvalue weighted by atomic mass is 9.78. The molecular weight excluding hydrogens is 540 g/mol. The molecule has 218 valence electrons. The lowest BCUT2D eigenvalue weighted by Crippen LogP contribution is -2.38. The van der Waals surface area contributed by atoms with Crippen molar-refractivity contribution in [2.24, 2.45) is 0 Å². The van der Waals surface area contributed by atoms with Crippen molar-refractivity contribution < 1.29 is 23.8 Å². The van der Waals surface area contributed by atoms with Gasteiger partial charge in [-0.15, -0.1) is 0 Å². The van der Waals surface area contributed by atoms with Crippen LogP contribution in [0.4, 0.5) is 11.4 Å². The fourth-order valence-electron chi connectivity index (χ4n) is 6.17. The molecule has 7 heteroatoms. The van der Waals surface area contributed by atoms with E-state index >= 15 is 0 Å². The van der Waals surface area contributed by atoms with Gasteiger partial charge in [0.2, 0.25) is 5.75 Å². The summed E-state index contributed by atoms with van der Waals surface area (Å²) in [5.41, 5.74) is 6.34. The van der Waals surface area contributed by atoms with E-state index in [-0.39, 0.29) is 24.0 Å². The van der Waals surface area contributed by atoms with Gasteiger partial charge in [-0.2, -0.15) is 0 Å². The summed E-state index contributed by atoms with van der Waals surface area (Å²) >= 11 is 0. The van der Waals surface area contributed by atoms with E-state index in [4.69, 9.17) is 14.2 Å². The summed E-state index contributed by atoms with van der Waals surface area (Å²) in [6, 6.07) is 28.3. The third-order valence-corrected chi connectivity index (χ3v) is 8.28. The molecule has 43 heavy (non-hydrogen) atoms. The van der Waals surface area contributed by atoms with Gasteiger partial charge in [0, 0.05) is 23.3 Å². The number of carbonyl (C=O) groups is 2. The number of hydrogen-bond acceptors (Lipinski definition) is 6. The van der Waals surface area contributed by atoms with Gasteiger partial charge in [-0.3, -0.25) is 14.5 Å². The molecule has 1 N–H and O–H groups in total. The van der Waals surface area contributed by atoms with Crippen LogP contribution in [0.15, 0.2) is 102 Å². The predicted molar refractivity (Wildman–Crippen MR) is 167 cm³/mol. The zero-order valence-corrected chi connectivity index (χ0v) is 24.7. The lowest BCUT2D eigenvalue weighted by molar-refractivity contribution is -0.116. The minimum absolute atomic E-state index is 0.0169. The molecule has 0 saturated carbocycles. The van der Waals surface area contributed by atoms with Gasteiger partial charge in [0.25, 0.3) is 5.91 Å². The second-order valence-corrected chi connectivity index (χ2v) is 10.9. The zero-order valence-electron chi connectivity index (χ0n) is 24.7. The van der Waals surface area contributed by atoms with E-state index in [1.54, 1.807) is 26.2 Å². The molecule has 0 aromatic heterocycles. The molecule has 1 aliphatic heterocycles. The van der Waals surface area contributed by atoms with Crippen LogP contribution in [0.25, 0.3) is 0 Å². The van der Waals surface area contributed by atoms with E-state index in [1.165, 1.54) is 0 Å². The van der Waals surface area contributed by atoms with E-state index in [0.29, 0.717) is 40.5 Å². The summed E-state index contributed by atoms with van der Waals surface area (Å²) < 4.78 is 16.8. The molecule has 7 nitrogen and oxygen atoms in total. The fourth-order valence-corrected chi connectivity index (χ4v) is 6.17. The molecule has 0 bridgehead atoms. The van der Waals surface area contributed by atoms with Crippen molar-refractivity contribution >= 4 is 23.1 Å². The number of hydrogen-bond donors (Lipinski definition) is 1. The van der Waals surface area contributed by atoms with Crippen LogP contribution in [0.1, 0.15) is 51.8 Å². The van der Waals surface area contributed by atoms with Crippen molar-refractivity contribution in [3.63, 3.8) is 0 Å². The monoisotopic (exact) mass is 574 g/mol.